The molecule has 0 fully saturated rings. The lowest BCUT2D eigenvalue weighted by molar-refractivity contribution is -0.104. The van der Waals surface area contributed by atoms with E-state index in [0.29, 0.717) is 5.57 Å². The Morgan fingerprint density at radius 2 is 2.15 bits per heavy atom. The minimum atomic E-state index is 0.658. The first-order valence-electron chi connectivity index (χ1n) is 8.82. The first kappa shape index (κ1) is 19.5. The summed E-state index contributed by atoms with van der Waals surface area (Å²) in [7, 11) is 5.88. The van der Waals surface area contributed by atoms with Gasteiger partial charge in [0.15, 0.2) is 6.29 Å². The number of aldehydes is 1. The maximum absolute atomic E-state index is 11.4. The molecule has 0 radical (unpaired) electrons. The van der Waals surface area contributed by atoms with Crippen molar-refractivity contribution in [2.24, 2.45) is 7.05 Å². The van der Waals surface area contributed by atoms with Gasteiger partial charge in [-0.15, -0.1) is 0 Å². The average molecular weight is 352 g/mol. The van der Waals surface area contributed by atoms with E-state index in [2.05, 4.69) is 34.4 Å². The lowest BCUT2D eigenvalue weighted by atomic mass is 10.1. The van der Waals surface area contributed by atoms with Gasteiger partial charge in [-0.25, -0.2) is 4.98 Å². The van der Waals surface area contributed by atoms with E-state index in [9.17, 15) is 4.79 Å². The second-order valence-corrected chi connectivity index (χ2v) is 6.42. The van der Waals surface area contributed by atoms with E-state index in [1.54, 1.807) is 0 Å². The van der Waals surface area contributed by atoms with Crippen LogP contribution in [0.15, 0.2) is 59.7 Å². The first-order chi connectivity index (χ1) is 12.5. The summed E-state index contributed by atoms with van der Waals surface area (Å²) in [5.74, 6) is 0. The Bertz CT molecular complexity index is 858. The van der Waals surface area contributed by atoms with Crippen LogP contribution < -0.4 is 5.32 Å². The van der Waals surface area contributed by atoms with E-state index in [4.69, 9.17) is 0 Å². The van der Waals surface area contributed by atoms with Crippen molar-refractivity contribution in [2.75, 3.05) is 14.1 Å². The van der Waals surface area contributed by atoms with E-state index in [0.717, 1.165) is 41.6 Å². The van der Waals surface area contributed by atoms with Gasteiger partial charge in [-0.1, -0.05) is 25.1 Å². The largest absolute Gasteiger partial charge is 0.388 e. The van der Waals surface area contributed by atoms with Gasteiger partial charge in [-0.3, -0.25) is 4.79 Å². The molecular formula is C21H28N4O. The Kier molecular flexibility index (Phi) is 6.78. The summed E-state index contributed by atoms with van der Waals surface area (Å²) < 4.78 is 2.05. The molecule has 0 atom stereocenters. The van der Waals surface area contributed by atoms with Crippen LogP contribution >= 0.6 is 0 Å². The van der Waals surface area contributed by atoms with Gasteiger partial charge in [0, 0.05) is 45.2 Å². The molecule has 138 valence electrons. The van der Waals surface area contributed by atoms with Gasteiger partial charge < -0.3 is 14.8 Å². The van der Waals surface area contributed by atoms with Crippen molar-refractivity contribution >= 4 is 17.3 Å². The number of nitrogens with zero attached hydrogens (tertiary/aromatic N) is 3. The van der Waals surface area contributed by atoms with Gasteiger partial charge in [0.05, 0.1) is 17.4 Å². The monoisotopic (exact) mass is 352 g/mol. The van der Waals surface area contributed by atoms with Gasteiger partial charge in [0.1, 0.15) is 0 Å². The van der Waals surface area contributed by atoms with E-state index >= 15 is 0 Å². The Labute approximate surface area is 155 Å². The number of benzene rings is 1. The molecule has 0 unspecified atom stereocenters. The SMILES string of the molecule is CC/C=C(NC)/C(C=O)=C/C(C)=C\N(C)Cc1cccc2ncn(C)c12. The summed E-state index contributed by atoms with van der Waals surface area (Å²) in [5, 5.41) is 3.09. The molecule has 26 heavy (non-hydrogen) atoms. The molecule has 0 spiro atoms. The molecule has 1 aromatic carbocycles. The van der Waals surface area contributed by atoms with Gasteiger partial charge in [0.25, 0.3) is 0 Å². The normalized spacial score (nSPS) is 13.2. The zero-order valence-corrected chi connectivity index (χ0v) is 16.3. The molecule has 1 N–H and O–H groups in total. The number of aromatic nitrogens is 2. The zero-order chi connectivity index (χ0) is 19.1. The van der Waals surface area contributed by atoms with Crippen molar-refractivity contribution in [1.29, 1.82) is 0 Å². The highest BCUT2D eigenvalue weighted by Crippen LogP contribution is 2.19. The number of hydrogen-bond acceptors (Lipinski definition) is 4. The zero-order valence-electron chi connectivity index (χ0n) is 16.3. The summed E-state index contributed by atoms with van der Waals surface area (Å²) in [6.45, 7) is 4.82. The van der Waals surface area contributed by atoms with Crippen LogP contribution in [-0.4, -0.2) is 34.8 Å². The average Bonchev–Trinajstić information content (AvgIpc) is 3.00. The number of carbonyl (C=O) groups excluding carboxylic acids is 1. The van der Waals surface area contributed by atoms with Gasteiger partial charge in [-0.2, -0.15) is 0 Å². The fourth-order valence-electron chi connectivity index (χ4n) is 3.11. The smallest absolute Gasteiger partial charge is 0.152 e. The lowest BCUT2D eigenvalue weighted by Crippen LogP contribution is -2.12. The van der Waals surface area contributed by atoms with Crippen LogP contribution in [-0.2, 0) is 18.4 Å². The van der Waals surface area contributed by atoms with Crippen molar-refractivity contribution in [1.82, 2.24) is 19.8 Å². The number of imidazole rings is 1. The fourth-order valence-corrected chi connectivity index (χ4v) is 3.11. The Balaban J connectivity index is 2.22. The van der Waals surface area contributed by atoms with Gasteiger partial charge >= 0.3 is 0 Å². The predicted molar refractivity (Wildman–Crippen MR) is 108 cm³/mol. The van der Waals surface area contributed by atoms with Crippen molar-refractivity contribution in [3.63, 3.8) is 0 Å². The quantitative estimate of drug-likeness (QED) is 0.448. The molecule has 0 saturated carbocycles. The number of para-hydroxylation sites is 1. The van der Waals surface area contributed by atoms with E-state index in [-0.39, 0.29) is 0 Å². The molecule has 2 rings (SSSR count). The number of rotatable bonds is 8. The van der Waals surface area contributed by atoms with E-state index in [1.165, 1.54) is 5.56 Å². The van der Waals surface area contributed by atoms with Crippen molar-refractivity contribution in [3.8, 4) is 0 Å². The highest BCUT2D eigenvalue weighted by molar-refractivity contribution is 5.81. The summed E-state index contributed by atoms with van der Waals surface area (Å²) in [4.78, 5) is 18.0. The fraction of sp³-hybridized carbons (Fsp3) is 0.333. The Morgan fingerprint density at radius 1 is 1.38 bits per heavy atom. The molecule has 0 bridgehead atoms. The van der Waals surface area contributed by atoms with E-state index < -0.39 is 0 Å². The summed E-state index contributed by atoms with van der Waals surface area (Å²) in [6, 6.07) is 6.19. The summed E-state index contributed by atoms with van der Waals surface area (Å²) >= 11 is 0. The number of likely N-dealkylation sites (N-methyl/N-ethyl adjacent to an activating group) is 1. The van der Waals surface area contributed by atoms with Crippen LogP contribution in [0.5, 0.6) is 0 Å². The van der Waals surface area contributed by atoms with E-state index in [1.807, 2.05) is 63.2 Å². The molecule has 0 saturated heterocycles. The second-order valence-electron chi connectivity index (χ2n) is 6.42. The molecule has 0 aliphatic heterocycles. The van der Waals surface area contributed by atoms with Crippen molar-refractivity contribution in [3.05, 3.63) is 65.3 Å². The number of hydrogen-bond donors (Lipinski definition) is 1. The number of fused-ring (bicyclic) bond motifs is 1. The maximum atomic E-state index is 11.4. The highest BCUT2D eigenvalue weighted by atomic mass is 16.1. The van der Waals surface area contributed by atoms with Gasteiger partial charge in [-0.05, 0) is 36.6 Å². The molecule has 5 nitrogen and oxygen atoms in total. The second kappa shape index (κ2) is 9.04. The third-order valence-corrected chi connectivity index (χ3v) is 4.16. The van der Waals surface area contributed by atoms with Crippen LogP contribution in [0.1, 0.15) is 25.8 Å². The molecule has 1 aromatic heterocycles. The molecule has 1 heterocycles. The third-order valence-electron chi connectivity index (χ3n) is 4.16. The molecular weight excluding hydrogens is 324 g/mol. The van der Waals surface area contributed by atoms with Crippen LogP contribution in [0, 0.1) is 0 Å². The maximum Gasteiger partial charge on any atom is 0.152 e. The van der Waals surface area contributed by atoms with Crippen LogP contribution in [0.2, 0.25) is 0 Å². The predicted octanol–water partition coefficient (Wildman–Crippen LogP) is 3.55. The number of carbonyl (C=O) groups is 1. The summed E-state index contributed by atoms with van der Waals surface area (Å²) in [5.41, 5.74) is 5.91. The van der Waals surface area contributed by atoms with Crippen LogP contribution in [0.3, 0.4) is 0 Å². The van der Waals surface area contributed by atoms with Crippen molar-refractivity contribution < 1.29 is 4.79 Å². The molecule has 0 amide bonds. The van der Waals surface area contributed by atoms with Crippen LogP contribution in [0.25, 0.3) is 11.0 Å². The topological polar surface area (TPSA) is 50.2 Å². The molecule has 0 aliphatic carbocycles. The molecule has 2 aromatic rings. The third kappa shape index (κ3) is 4.63. The Hall–Kier alpha value is -2.82. The molecule has 0 aliphatic rings. The lowest BCUT2D eigenvalue weighted by Gasteiger charge is -2.16. The standard InChI is InChI=1S/C21H28N4O/c1-6-8-19(22-3)18(14-26)11-16(2)12-24(4)13-17-9-7-10-20-21(17)25(5)15-23-20/h7-12,14-15,22H,6,13H2,1-5H3/b16-12-,18-11+,19-8-. The number of aryl methyl sites for hydroxylation is 1. The minimum absolute atomic E-state index is 0.658. The van der Waals surface area contributed by atoms with Gasteiger partial charge in [0.2, 0.25) is 0 Å². The minimum Gasteiger partial charge on any atom is -0.388 e. The number of allylic oxidation sites excluding steroid dienone is 4. The molecule has 5 heteroatoms. The first-order valence-corrected chi connectivity index (χ1v) is 8.82. The van der Waals surface area contributed by atoms with Crippen LogP contribution in [0.4, 0.5) is 0 Å². The highest BCUT2D eigenvalue weighted by Gasteiger charge is 2.07. The number of nitrogens with one attached hydrogen (secondary N) is 1. The summed E-state index contributed by atoms with van der Waals surface area (Å²) in [6.07, 6.45) is 9.59. The Morgan fingerprint density at radius 3 is 2.81 bits per heavy atom. The van der Waals surface area contributed by atoms with Crippen molar-refractivity contribution in [2.45, 2.75) is 26.8 Å².